The van der Waals surface area contributed by atoms with Crippen LogP contribution < -0.4 is 16.4 Å². The fraction of sp³-hybridized carbons (Fsp3) is 0.577. The third-order valence-corrected chi connectivity index (χ3v) is 7.23. The van der Waals surface area contributed by atoms with E-state index in [4.69, 9.17) is 45.8 Å². The molecule has 3 saturated heterocycles. The summed E-state index contributed by atoms with van der Waals surface area (Å²) in [6.07, 6.45) is -3.77. The SMILES string of the molecule is CNc1c(Cl)nc(N)nc1N[C@@H]1OC2COC(C)(C)O[C@H]2C2OC(C)(C)OC2[C@@]1(C)OC(=O)c1ccccc1. The van der Waals surface area contributed by atoms with Gasteiger partial charge in [-0.25, -0.2) is 4.79 Å². The fourth-order valence-electron chi connectivity index (χ4n) is 5.16. The Bertz CT molecular complexity index is 1230. The molecule has 0 radical (unpaired) electrons. The Kier molecular flexibility index (Phi) is 7.15. The predicted molar refractivity (Wildman–Crippen MR) is 142 cm³/mol. The van der Waals surface area contributed by atoms with Crippen LogP contribution >= 0.6 is 11.6 Å². The molecule has 0 spiro atoms. The first kappa shape index (κ1) is 27.8. The second kappa shape index (κ2) is 10.0. The number of nitrogens with one attached hydrogen (secondary N) is 2. The first-order valence-corrected chi connectivity index (χ1v) is 13.1. The van der Waals surface area contributed by atoms with Crippen molar-refractivity contribution in [1.29, 1.82) is 0 Å². The van der Waals surface area contributed by atoms with E-state index < -0.39 is 53.8 Å². The van der Waals surface area contributed by atoms with Gasteiger partial charge in [0, 0.05) is 7.05 Å². The van der Waals surface area contributed by atoms with E-state index in [0.29, 0.717) is 11.3 Å². The van der Waals surface area contributed by atoms with Gasteiger partial charge in [-0.15, -0.1) is 0 Å². The number of benzene rings is 1. The maximum absolute atomic E-state index is 13.5. The molecule has 3 fully saturated rings. The number of carbonyl (C=O) groups is 1. The van der Waals surface area contributed by atoms with E-state index in [1.165, 1.54) is 0 Å². The topological polar surface area (TPSA) is 148 Å². The Hall–Kier alpha value is -2.74. The van der Waals surface area contributed by atoms with E-state index in [9.17, 15) is 4.79 Å². The van der Waals surface area contributed by atoms with E-state index in [-0.39, 0.29) is 23.5 Å². The number of nitrogen functional groups attached to an aromatic ring is 1. The van der Waals surface area contributed by atoms with Gasteiger partial charge in [0.2, 0.25) is 5.95 Å². The Balaban J connectivity index is 1.62. The molecular formula is C26H34ClN5O7. The number of hydrogen-bond acceptors (Lipinski definition) is 12. The van der Waals surface area contributed by atoms with Gasteiger partial charge in [0.25, 0.3) is 0 Å². The Labute approximate surface area is 231 Å². The highest BCUT2D eigenvalue weighted by Gasteiger charge is 2.64. The molecule has 0 aliphatic carbocycles. The van der Waals surface area contributed by atoms with Gasteiger partial charge in [-0.3, -0.25) is 0 Å². The fourth-order valence-corrected chi connectivity index (χ4v) is 5.43. The smallest absolute Gasteiger partial charge is 0.338 e. The molecular weight excluding hydrogens is 530 g/mol. The lowest BCUT2D eigenvalue weighted by Gasteiger charge is -2.42. The lowest BCUT2D eigenvalue weighted by atomic mass is 9.89. The van der Waals surface area contributed by atoms with Gasteiger partial charge in [0.05, 0.1) is 12.2 Å². The van der Waals surface area contributed by atoms with E-state index >= 15 is 0 Å². The zero-order valence-corrected chi connectivity index (χ0v) is 23.4. The van der Waals surface area contributed by atoms with Crippen molar-refractivity contribution in [3.63, 3.8) is 0 Å². The Morgan fingerprint density at radius 3 is 2.44 bits per heavy atom. The van der Waals surface area contributed by atoms with Gasteiger partial charge in [0.15, 0.2) is 34.4 Å². The standard InChI is InChI=1S/C26H34ClN5O7/c1-24(2)34-12-14-16(36-24)17-18(38-25(3,4)37-17)26(5,39-21(33)13-10-8-7-9-11-13)22(35-14)31-20-15(29-6)19(27)30-23(28)32-20/h7-11,14,16-18,22,29H,12H2,1-6H3,(H3,28,30,31,32)/t14?,16-,17?,18?,22-,26-/m1/s1. The molecule has 4 N–H and O–H groups in total. The zero-order chi connectivity index (χ0) is 28.2. The van der Waals surface area contributed by atoms with Crippen LogP contribution in [0, 0.1) is 0 Å². The largest absolute Gasteiger partial charge is 0.448 e. The summed E-state index contributed by atoms with van der Waals surface area (Å²) in [5.74, 6) is -2.29. The number of nitrogens with zero attached hydrogens (tertiary/aromatic N) is 2. The number of fused-ring (bicyclic) bond motifs is 3. The summed E-state index contributed by atoms with van der Waals surface area (Å²) in [5.41, 5.74) is 5.18. The summed E-state index contributed by atoms with van der Waals surface area (Å²) in [6, 6.07) is 8.67. The van der Waals surface area contributed by atoms with Crippen LogP contribution in [-0.2, 0) is 28.4 Å². The third kappa shape index (κ3) is 5.37. The number of hydrogen-bond donors (Lipinski definition) is 3. The van der Waals surface area contributed by atoms with Crippen LogP contribution in [0.4, 0.5) is 17.5 Å². The summed E-state index contributed by atoms with van der Waals surface area (Å²) in [5, 5.41) is 6.32. The number of esters is 1. The Morgan fingerprint density at radius 2 is 1.74 bits per heavy atom. The van der Waals surface area contributed by atoms with Crippen LogP contribution in [0.25, 0.3) is 0 Å². The molecule has 13 heteroatoms. The molecule has 3 aliphatic rings. The summed E-state index contributed by atoms with van der Waals surface area (Å²) in [6.45, 7) is 9.15. The second-order valence-corrected chi connectivity index (χ2v) is 11.2. The first-order valence-electron chi connectivity index (χ1n) is 12.7. The highest BCUT2D eigenvalue weighted by atomic mass is 35.5. The lowest BCUT2D eigenvalue weighted by Crippen LogP contribution is -2.59. The van der Waals surface area contributed by atoms with E-state index in [1.54, 1.807) is 52.1 Å². The molecule has 5 rings (SSSR count). The van der Waals surface area contributed by atoms with Crippen molar-refractivity contribution >= 4 is 35.0 Å². The van der Waals surface area contributed by atoms with Crippen LogP contribution in [-0.4, -0.2) is 77.4 Å². The van der Waals surface area contributed by atoms with Gasteiger partial charge >= 0.3 is 5.97 Å². The van der Waals surface area contributed by atoms with Crippen molar-refractivity contribution in [2.75, 3.05) is 30.0 Å². The minimum Gasteiger partial charge on any atom is -0.448 e. The zero-order valence-electron chi connectivity index (χ0n) is 22.7. The molecule has 2 aromatic rings. The molecule has 1 aromatic heterocycles. The van der Waals surface area contributed by atoms with E-state index in [0.717, 1.165) is 0 Å². The molecule has 3 aliphatic heterocycles. The highest BCUT2D eigenvalue weighted by Crippen LogP contribution is 2.46. The van der Waals surface area contributed by atoms with Crippen molar-refractivity contribution in [2.24, 2.45) is 0 Å². The minimum absolute atomic E-state index is 0.0541. The molecule has 39 heavy (non-hydrogen) atoms. The molecule has 3 unspecified atom stereocenters. The minimum atomic E-state index is -1.48. The van der Waals surface area contributed by atoms with Crippen molar-refractivity contribution < 1.29 is 33.2 Å². The maximum Gasteiger partial charge on any atom is 0.338 e. The molecule has 1 aromatic carbocycles. The number of aromatic nitrogens is 2. The number of ether oxygens (including phenoxy) is 6. The molecule has 0 saturated carbocycles. The second-order valence-electron chi connectivity index (χ2n) is 10.8. The Morgan fingerprint density at radius 1 is 1.05 bits per heavy atom. The monoisotopic (exact) mass is 563 g/mol. The average Bonchev–Trinajstić information content (AvgIpc) is 3.17. The molecule has 212 valence electrons. The molecule has 6 atom stereocenters. The number of halogens is 1. The van der Waals surface area contributed by atoms with E-state index in [2.05, 4.69) is 20.6 Å². The normalized spacial score (nSPS) is 32.8. The maximum atomic E-state index is 13.5. The van der Waals surface area contributed by atoms with Crippen molar-refractivity contribution in [3.8, 4) is 0 Å². The van der Waals surface area contributed by atoms with Gasteiger partial charge in [-0.05, 0) is 46.8 Å². The van der Waals surface area contributed by atoms with Gasteiger partial charge in [-0.1, -0.05) is 29.8 Å². The summed E-state index contributed by atoms with van der Waals surface area (Å²) in [7, 11) is 1.67. The van der Waals surface area contributed by atoms with Crippen LogP contribution in [0.15, 0.2) is 30.3 Å². The van der Waals surface area contributed by atoms with Crippen LogP contribution in [0.1, 0.15) is 45.0 Å². The number of anilines is 3. The predicted octanol–water partition coefficient (Wildman–Crippen LogP) is 3.18. The quantitative estimate of drug-likeness (QED) is 0.362. The molecule has 12 nitrogen and oxygen atoms in total. The first-order chi connectivity index (χ1) is 18.3. The number of nitrogens with two attached hydrogens (primary N) is 1. The van der Waals surface area contributed by atoms with Gasteiger partial charge in [-0.2, -0.15) is 9.97 Å². The molecule has 0 bridgehead atoms. The summed E-state index contributed by atoms with van der Waals surface area (Å²) in [4.78, 5) is 21.8. The van der Waals surface area contributed by atoms with Crippen LogP contribution in [0.2, 0.25) is 5.15 Å². The molecule has 4 heterocycles. The number of carbonyl (C=O) groups excluding carboxylic acids is 1. The summed E-state index contributed by atoms with van der Waals surface area (Å²) < 4.78 is 37.9. The lowest BCUT2D eigenvalue weighted by molar-refractivity contribution is -0.329. The highest BCUT2D eigenvalue weighted by molar-refractivity contribution is 6.32. The van der Waals surface area contributed by atoms with Gasteiger partial charge < -0.3 is 44.8 Å². The van der Waals surface area contributed by atoms with Crippen LogP contribution in [0.5, 0.6) is 0 Å². The molecule has 0 amide bonds. The van der Waals surface area contributed by atoms with Crippen molar-refractivity contribution in [1.82, 2.24) is 9.97 Å². The van der Waals surface area contributed by atoms with Crippen molar-refractivity contribution in [3.05, 3.63) is 41.0 Å². The van der Waals surface area contributed by atoms with E-state index in [1.807, 2.05) is 19.9 Å². The summed E-state index contributed by atoms with van der Waals surface area (Å²) >= 11 is 6.34. The third-order valence-electron chi connectivity index (χ3n) is 6.95. The van der Waals surface area contributed by atoms with Crippen LogP contribution in [0.3, 0.4) is 0 Å². The average molecular weight is 564 g/mol. The van der Waals surface area contributed by atoms with Gasteiger partial charge in [0.1, 0.15) is 30.1 Å². The number of rotatable bonds is 5. The van der Waals surface area contributed by atoms with Crippen molar-refractivity contribution in [2.45, 2.75) is 82.4 Å².